The quantitative estimate of drug-likeness (QED) is 0.610. The summed E-state index contributed by atoms with van der Waals surface area (Å²) in [6, 6.07) is 11.8. The van der Waals surface area contributed by atoms with Gasteiger partial charge >= 0.3 is 0 Å². The molecule has 2 aromatic carbocycles. The summed E-state index contributed by atoms with van der Waals surface area (Å²) < 4.78 is 28.8. The molecule has 1 atom stereocenters. The predicted molar refractivity (Wildman–Crippen MR) is 115 cm³/mol. The first-order valence-electron chi connectivity index (χ1n) is 9.21. The smallest absolute Gasteiger partial charge is 0.254 e. The van der Waals surface area contributed by atoms with Gasteiger partial charge in [-0.3, -0.25) is 4.79 Å². The Labute approximate surface area is 178 Å². The summed E-state index contributed by atoms with van der Waals surface area (Å²) in [5.41, 5.74) is 1.16. The van der Waals surface area contributed by atoms with Crippen molar-refractivity contribution in [2.24, 2.45) is 0 Å². The number of para-hydroxylation sites is 1. The molecule has 1 N–H and O–H groups in total. The molecular weight excluding hydrogens is 430 g/mol. The van der Waals surface area contributed by atoms with Crippen LogP contribution in [-0.4, -0.2) is 37.3 Å². The van der Waals surface area contributed by atoms with Crippen LogP contribution in [0.25, 0.3) is 10.2 Å². The molecule has 1 aromatic heterocycles. The van der Waals surface area contributed by atoms with E-state index >= 15 is 0 Å². The van der Waals surface area contributed by atoms with E-state index in [-0.39, 0.29) is 33.5 Å². The molecule has 6 nitrogen and oxygen atoms in total. The Morgan fingerprint density at radius 3 is 2.69 bits per heavy atom. The van der Waals surface area contributed by atoms with Crippen molar-refractivity contribution in [2.45, 2.75) is 36.7 Å². The first kappa shape index (κ1) is 20.3. The van der Waals surface area contributed by atoms with Gasteiger partial charge in [0.2, 0.25) is 10.0 Å². The molecule has 0 spiro atoms. The Bertz CT molecular complexity index is 1160. The Kier molecular flexibility index (Phi) is 5.37. The number of fused-ring (bicyclic) bond motifs is 1. The number of thiazole rings is 1. The largest absolute Gasteiger partial charge is 0.333 e. The average Bonchev–Trinajstić information content (AvgIpc) is 3.39. The van der Waals surface area contributed by atoms with Gasteiger partial charge in [-0.1, -0.05) is 23.7 Å². The fraction of sp³-hybridized carbons (Fsp3) is 0.300. The number of rotatable bonds is 6. The topological polar surface area (TPSA) is 79.4 Å². The average molecular weight is 450 g/mol. The fourth-order valence-electron chi connectivity index (χ4n) is 2.94. The van der Waals surface area contributed by atoms with Crippen molar-refractivity contribution in [1.82, 2.24) is 14.6 Å². The number of halogens is 1. The van der Waals surface area contributed by atoms with Crippen molar-refractivity contribution in [3.05, 3.63) is 58.1 Å². The van der Waals surface area contributed by atoms with Crippen LogP contribution in [0.15, 0.2) is 47.4 Å². The minimum Gasteiger partial charge on any atom is -0.333 e. The minimum absolute atomic E-state index is 0.0443. The van der Waals surface area contributed by atoms with Crippen molar-refractivity contribution in [3.63, 3.8) is 0 Å². The molecule has 9 heteroatoms. The molecule has 0 bridgehead atoms. The van der Waals surface area contributed by atoms with Crippen LogP contribution in [0.5, 0.6) is 0 Å². The van der Waals surface area contributed by atoms with E-state index < -0.39 is 10.0 Å². The highest BCUT2D eigenvalue weighted by Gasteiger charge is 2.30. The van der Waals surface area contributed by atoms with Crippen molar-refractivity contribution >= 4 is 49.1 Å². The number of carbonyl (C=O) groups excluding carboxylic acids is 1. The molecule has 1 aliphatic rings. The van der Waals surface area contributed by atoms with Crippen LogP contribution in [0.1, 0.15) is 41.2 Å². The molecule has 0 saturated heterocycles. The highest BCUT2D eigenvalue weighted by molar-refractivity contribution is 7.89. The van der Waals surface area contributed by atoms with Crippen LogP contribution in [0.3, 0.4) is 0 Å². The standard InChI is InChI=1S/C20H20ClN3O3S2/c1-12(19-22-16-5-3-4-6-17(16)28-19)24(2)20(25)13-7-10-15(21)18(11-13)29(26,27)23-14-8-9-14/h3-7,10-12,14,23H,8-9H2,1-2H3. The molecule has 152 valence electrons. The first-order valence-corrected chi connectivity index (χ1v) is 11.9. The number of aromatic nitrogens is 1. The van der Waals surface area contributed by atoms with Crippen molar-refractivity contribution in [3.8, 4) is 0 Å². The molecule has 1 fully saturated rings. The Morgan fingerprint density at radius 1 is 1.28 bits per heavy atom. The number of nitrogens with zero attached hydrogens (tertiary/aromatic N) is 2. The maximum Gasteiger partial charge on any atom is 0.254 e. The van der Waals surface area contributed by atoms with Gasteiger partial charge in [0.05, 0.1) is 21.3 Å². The second-order valence-electron chi connectivity index (χ2n) is 7.15. The molecule has 1 amide bonds. The Hall–Kier alpha value is -2.00. The number of amides is 1. The molecule has 0 radical (unpaired) electrons. The zero-order valence-electron chi connectivity index (χ0n) is 15.9. The van der Waals surface area contributed by atoms with Crippen molar-refractivity contribution < 1.29 is 13.2 Å². The van der Waals surface area contributed by atoms with E-state index in [2.05, 4.69) is 9.71 Å². The SMILES string of the molecule is CC(c1nc2ccccc2s1)N(C)C(=O)c1ccc(Cl)c(S(=O)(=O)NC2CC2)c1. The summed E-state index contributed by atoms with van der Waals surface area (Å²) in [4.78, 5) is 19.2. The fourth-order valence-corrected chi connectivity index (χ4v) is 5.83. The number of sulfonamides is 1. The number of benzene rings is 2. The first-order chi connectivity index (χ1) is 13.8. The molecular formula is C20H20ClN3O3S2. The highest BCUT2D eigenvalue weighted by atomic mass is 35.5. The predicted octanol–water partition coefficient (Wildman–Crippen LogP) is 4.22. The summed E-state index contributed by atoms with van der Waals surface area (Å²) in [6.07, 6.45) is 1.63. The minimum atomic E-state index is -3.76. The van der Waals surface area contributed by atoms with Crippen LogP contribution in [-0.2, 0) is 10.0 Å². The monoisotopic (exact) mass is 449 g/mol. The maximum atomic E-state index is 13.0. The maximum absolute atomic E-state index is 13.0. The number of nitrogens with one attached hydrogen (secondary N) is 1. The lowest BCUT2D eigenvalue weighted by Crippen LogP contribution is -2.30. The van der Waals surface area contributed by atoms with Gasteiger partial charge in [0.15, 0.2) is 0 Å². The molecule has 0 aliphatic heterocycles. The molecule has 1 heterocycles. The molecule has 29 heavy (non-hydrogen) atoms. The molecule has 1 aliphatic carbocycles. The highest BCUT2D eigenvalue weighted by Crippen LogP contribution is 2.31. The van der Waals surface area contributed by atoms with Gasteiger partial charge in [-0.2, -0.15) is 0 Å². The molecule has 1 saturated carbocycles. The third kappa shape index (κ3) is 4.16. The number of hydrogen-bond acceptors (Lipinski definition) is 5. The van der Waals surface area contributed by atoms with Gasteiger partial charge in [-0.15, -0.1) is 11.3 Å². The lowest BCUT2D eigenvalue weighted by Gasteiger charge is -2.23. The van der Waals surface area contributed by atoms with Crippen LogP contribution < -0.4 is 4.72 Å². The van der Waals surface area contributed by atoms with E-state index in [1.165, 1.54) is 23.5 Å². The van der Waals surface area contributed by atoms with E-state index in [0.717, 1.165) is 28.1 Å². The molecule has 1 unspecified atom stereocenters. The van der Waals surface area contributed by atoms with Crippen molar-refractivity contribution in [2.75, 3.05) is 7.05 Å². The van der Waals surface area contributed by atoms with E-state index in [0.29, 0.717) is 0 Å². The molecule has 3 aromatic rings. The van der Waals surface area contributed by atoms with E-state index in [9.17, 15) is 13.2 Å². The molecule has 4 rings (SSSR count). The number of carbonyl (C=O) groups is 1. The summed E-state index contributed by atoms with van der Waals surface area (Å²) in [5, 5.41) is 0.913. The van der Waals surface area contributed by atoms with E-state index in [1.54, 1.807) is 18.0 Å². The Morgan fingerprint density at radius 2 is 2.00 bits per heavy atom. The van der Waals surface area contributed by atoms with Crippen LogP contribution in [0, 0.1) is 0 Å². The Balaban J connectivity index is 1.60. The summed E-state index contributed by atoms with van der Waals surface area (Å²) in [5.74, 6) is -0.295. The van der Waals surface area contributed by atoms with Gasteiger partial charge in [-0.25, -0.2) is 18.1 Å². The number of hydrogen-bond donors (Lipinski definition) is 1. The zero-order valence-corrected chi connectivity index (χ0v) is 18.3. The second-order valence-corrected chi connectivity index (χ2v) is 10.3. The van der Waals surface area contributed by atoms with Gasteiger partial charge < -0.3 is 4.90 Å². The summed E-state index contributed by atoms with van der Waals surface area (Å²) >= 11 is 7.66. The van der Waals surface area contributed by atoms with Crippen molar-refractivity contribution in [1.29, 1.82) is 0 Å². The summed E-state index contributed by atoms with van der Waals surface area (Å²) in [6.45, 7) is 1.90. The van der Waals surface area contributed by atoms with Crippen LogP contribution >= 0.6 is 22.9 Å². The lowest BCUT2D eigenvalue weighted by molar-refractivity contribution is 0.0742. The third-order valence-corrected chi connectivity index (χ3v) is 8.14. The zero-order chi connectivity index (χ0) is 20.8. The summed E-state index contributed by atoms with van der Waals surface area (Å²) in [7, 11) is -2.08. The normalized spacial score (nSPS) is 15.4. The van der Waals surface area contributed by atoms with E-state index in [1.807, 2.05) is 31.2 Å². The van der Waals surface area contributed by atoms with Gasteiger partial charge in [-0.05, 0) is 50.1 Å². The van der Waals surface area contributed by atoms with Crippen LogP contribution in [0.4, 0.5) is 0 Å². The van der Waals surface area contributed by atoms with Gasteiger partial charge in [0.1, 0.15) is 9.90 Å². The van der Waals surface area contributed by atoms with E-state index in [4.69, 9.17) is 11.6 Å². The van der Waals surface area contributed by atoms with Gasteiger partial charge in [0.25, 0.3) is 5.91 Å². The second kappa shape index (κ2) is 7.68. The third-order valence-electron chi connectivity index (χ3n) is 4.94. The van der Waals surface area contributed by atoms with Crippen LogP contribution in [0.2, 0.25) is 5.02 Å². The lowest BCUT2D eigenvalue weighted by atomic mass is 10.2. The van der Waals surface area contributed by atoms with Gasteiger partial charge in [0, 0.05) is 18.7 Å².